The fraction of sp³-hybridized carbons (Fsp3) is 0. The molecule has 1 heterocycles. The highest BCUT2D eigenvalue weighted by Crippen LogP contribution is 2.15. The van der Waals surface area contributed by atoms with Crippen molar-refractivity contribution < 1.29 is 12.8 Å². The first kappa shape index (κ1) is 9.83. The van der Waals surface area contributed by atoms with Crippen molar-refractivity contribution in [3.63, 3.8) is 0 Å². The van der Waals surface area contributed by atoms with Crippen LogP contribution in [0.5, 0.6) is 0 Å². The molecule has 0 amide bonds. The van der Waals surface area contributed by atoms with E-state index >= 15 is 0 Å². The molecule has 0 fully saturated rings. The highest BCUT2D eigenvalue weighted by molar-refractivity contribution is 9.10. The van der Waals surface area contributed by atoms with E-state index < -0.39 is 9.05 Å². The van der Waals surface area contributed by atoms with Crippen LogP contribution in [0.3, 0.4) is 0 Å². The van der Waals surface area contributed by atoms with E-state index in [0.29, 0.717) is 10.4 Å². The minimum atomic E-state index is -3.60. The van der Waals surface area contributed by atoms with Crippen LogP contribution in [0.15, 0.2) is 26.6 Å². The summed E-state index contributed by atoms with van der Waals surface area (Å²) in [6, 6.07) is 3.27. The van der Waals surface area contributed by atoms with Gasteiger partial charge in [0.1, 0.15) is 5.76 Å². The van der Waals surface area contributed by atoms with E-state index in [1.807, 2.05) is 0 Å². The van der Waals surface area contributed by atoms with Crippen molar-refractivity contribution in [3.05, 3.63) is 28.0 Å². The van der Waals surface area contributed by atoms with E-state index in [0.717, 1.165) is 5.41 Å². The molecule has 12 heavy (non-hydrogen) atoms. The van der Waals surface area contributed by atoms with Gasteiger partial charge < -0.3 is 4.42 Å². The Morgan fingerprint density at radius 3 is 2.58 bits per heavy atom. The van der Waals surface area contributed by atoms with Crippen LogP contribution in [0.2, 0.25) is 0 Å². The van der Waals surface area contributed by atoms with Crippen LogP contribution in [0.4, 0.5) is 0 Å². The molecule has 0 unspecified atom stereocenters. The monoisotopic (exact) mass is 270 g/mol. The average molecular weight is 272 g/mol. The van der Waals surface area contributed by atoms with E-state index in [9.17, 15) is 8.42 Å². The van der Waals surface area contributed by atoms with Gasteiger partial charge in [-0.15, -0.1) is 0 Å². The van der Waals surface area contributed by atoms with Crippen LogP contribution in [-0.4, -0.2) is 8.42 Å². The molecule has 1 rings (SSSR count). The largest absolute Gasteiger partial charge is 0.450 e. The molecule has 0 atom stereocenters. The lowest BCUT2D eigenvalue weighted by atomic mass is 10.5. The Balaban J connectivity index is 2.84. The topological polar surface area (TPSA) is 47.3 Å². The van der Waals surface area contributed by atoms with E-state index in [-0.39, 0.29) is 0 Å². The van der Waals surface area contributed by atoms with Crippen LogP contribution in [0, 0.1) is 0 Å². The van der Waals surface area contributed by atoms with Gasteiger partial charge in [0.05, 0.1) is 0 Å². The number of halogens is 2. The average Bonchev–Trinajstić information content (AvgIpc) is 2.30. The normalized spacial score (nSPS) is 12.5. The Morgan fingerprint density at radius 1 is 1.50 bits per heavy atom. The molecule has 0 bridgehead atoms. The van der Waals surface area contributed by atoms with Gasteiger partial charge in [-0.3, -0.25) is 0 Å². The standard InChI is InChI=1S/C6H4BrClO3S/c7-6-2-1-5(11-6)3-4-12(8,9)10/h1-4H/b4-3-. The molecule has 0 spiro atoms. The first-order valence-electron chi connectivity index (χ1n) is 2.85. The molecule has 1 aromatic heterocycles. The summed E-state index contributed by atoms with van der Waals surface area (Å²) in [6.07, 6.45) is 1.27. The fourth-order valence-corrected chi connectivity index (χ4v) is 1.34. The third-order valence-electron chi connectivity index (χ3n) is 0.989. The minimum Gasteiger partial charge on any atom is -0.450 e. The summed E-state index contributed by atoms with van der Waals surface area (Å²) < 4.78 is 26.4. The van der Waals surface area contributed by atoms with Crippen LogP contribution in [0.1, 0.15) is 5.76 Å². The predicted molar refractivity (Wildman–Crippen MR) is 50.2 cm³/mol. The summed E-state index contributed by atoms with van der Waals surface area (Å²) in [5.41, 5.74) is 0. The van der Waals surface area contributed by atoms with Gasteiger partial charge in [0.2, 0.25) is 0 Å². The van der Waals surface area contributed by atoms with Gasteiger partial charge in [0.25, 0.3) is 9.05 Å². The summed E-state index contributed by atoms with van der Waals surface area (Å²) in [4.78, 5) is 0. The summed E-state index contributed by atoms with van der Waals surface area (Å²) in [5.74, 6) is 0.422. The highest BCUT2D eigenvalue weighted by Gasteiger charge is 1.99. The number of hydrogen-bond donors (Lipinski definition) is 0. The van der Waals surface area contributed by atoms with Gasteiger partial charge in [-0.1, -0.05) is 0 Å². The van der Waals surface area contributed by atoms with Crippen molar-refractivity contribution in [3.8, 4) is 0 Å². The third-order valence-corrected chi connectivity index (χ3v) is 2.18. The lowest BCUT2D eigenvalue weighted by Gasteiger charge is -1.82. The molecule has 0 saturated carbocycles. The van der Waals surface area contributed by atoms with E-state index in [4.69, 9.17) is 15.1 Å². The molecule has 0 aliphatic carbocycles. The van der Waals surface area contributed by atoms with Gasteiger partial charge in [-0.2, -0.15) is 0 Å². The van der Waals surface area contributed by atoms with Crippen molar-refractivity contribution in [1.29, 1.82) is 0 Å². The zero-order chi connectivity index (χ0) is 9.19. The number of hydrogen-bond acceptors (Lipinski definition) is 3. The van der Waals surface area contributed by atoms with Crippen LogP contribution in [-0.2, 0) is 9.05 Å². The number of furan rings is 1. The lowest BCUT2D eigenvalue weighted by molar-refractivity contribution is 0.531. The van der Waals surface area contributed by atoms with E-state index in [1.54, 1.807) is 12.1 Å². The first-order valence-corrected chi connectivity index (χ1v) is 6.02. The lowest BCUT2D eigenvalue weighted by Crippen LogP contribution is -1.77. The molecule has 0 N–H and O–H groups in total. The van der Waals surface area contributed by atoms with Gasteiger partial charge in [0, 0.05) is 16.1 Å². The second kappa shape index (κ2) is 3.64. The summed E-state index contributed by atoms with van der Waals surface area (Å²) in [7, 11) is 1.33. The molecular formula is C6H4BrClO3S. The van der Waals surface area contributed by atoms with Gasteiger partial charge >= 0.3 is 0 Å². The smallest absolute Gasteiger partial charge is 0.254 e. The molecule has 0 aliphatic rings. The predicted octanol–water partition coefficient (Wildman–Crippen LogP) is 2.58. The molecule has 0 aromatic carbocycles. The van der Waals surface area contributed by atoms with Crippen LogP contribution >= 0.6 is 26.6 Å². The van der Waals surface area contributed by atoms with Gasteiger partial charge in [-0.25, -0.2) is 8.42 Å². The molecule has 6 heteroatoms. The zero-order valence-corrected chi connectivity index (χ0v) is 8.86. The Labute approximate surface area is 82.6 Å². The van der Waals surface area contributed by atoms with Crippen molar-refractivity contribution >= 4 is 41.7 Å². The zero-order valence-electron chi connectivity index (χ0n) is 5.70. The molecule has 0 saturated heterocycles. The maximum atomic E-state index is 10.4. The Bertz CT molecular complexity index is 393. The number of rotatable bonds is 2. The Kier molecular flexibility index (Phi) is 2.98. The van der Waals surface area contributed by atoms with Gasteiger partial charge in [-0.05, 0) is 34.1 Å². The first-order chi connectivity index (χ1) is 5.47. The summed E-state index contributed by atoms with van der Waals surface area (Å²) in [5, 5.41) is 0.861. The van der Waals surface area contributed by atoms with Crippen LogP contribution in [0.25, 0.3) is 6.08 Å². The van der Waals surface area contributed by atoms with Crippen molar-refractivity contribution in [2.75, 3.05) is 0 Å². The molecular weight excluding hydrogens is 267 g/mol. The molecule has 0 radical (unpaired) electrons. The van der Waals surface area contributed by atoms with E-state index in [2.05, 4.69) is 15.9 Å². The molecule has 1 aromatic rings. The second-order valence-electron chi connectivity index (χ2n) is 1.92. The van der Waals surface area contributed by atoms with Crippen LogP contribution < -0.4 is 0 Å². The quantitative estimate of drug-likeness (QED) is 0.777. The SMILES string of the molecule is O=S(=O)(Cl)/C=C\c1ccc(Br)o1. The minimum absolute atomic E-state index is 0.422. The highest BCUT2D eigenvalue weighted by atomic mass is 79.9. The summed E-state index contributed by atoms with van der Waals surface area (Å²) in [6.45, 7) is 0. The Morgan fingerprint density at radius 2 is 2.17 bits per heavy atom. The second-order valence-corrected chi connectivity index (χ2v) is 5.22. The molecule has 0 aliphatic heterocycles. The van der Waals surface area contributed by atoms with Crippen molar-refractivity contribution in [2.24, 2.45) is 0 Å². The summed E-state index contributed by atoms with van der Waals surface area (Å²) >= 11 is 3.07. The Hall–Kier alpha value is -0.260. The molecule has 3 nitrogen and oxygen atoms in total. The van der Waals surface area contributed by atoms with Crippen molar-refractivity contribution in [1.82, 2.24) is 0 Å². The molecule has 66 valence electrons. The maximum absolute atomic E-state index is 10.4. The van der Waals surface area contributed by atoms with Gasteiger partial charge in [0.15, 0.2) is 4.67 Å². The van der Waals surface area contributed by atoms with Crippen molar-refractivity contribution in [2.45, 2.75) is 0 Å². The third kappa shape index (κ3) is 3.42. The maximum Gasteiger partial charge on any atom is 0.254 e. The fourth-order valence-electron chi connectivity index (χ4n) is 0.566. The van der Waals surface area contributed by atoms with E-state index in [1.165, 1.54) is 6.08 Å².